The Morgan fingerprint density at radius 1 is 1.38 bits per heavy atom. The second kappa shape index (κ2) is 2.76. The van der Waals surface area contributed by atoms with Crippen LogP contribution in [0.5, 0.6) is 0 Å². The largest absolute Gasteiger partial charge is 0.398 e. The predicted molar refractivity (Wildman–Crippen MR) is 53.7 cm³/mol. The van der Waals surface area contributed by atoms with Gasteiger partial charge in [-0.25, -0.2) is 4.98 Å². The lowest BCUT2D eigenvalue weighted by molar-refractivity contribution is 0.809. The number of nitrogen functional groups attached to an aromatic ring is 1. The van der Waals surface area contributed by atoms with Gasteiger partial charge in [0, 0.05) is 23.8 Å². The van der Waals surface area contributed by atoms with Crippen molar-refractivity contribution in [3.05, 3.63) is 30.2 Å². The van der Waals surface area contributed by atoms with Crippen LogP contribution >= 0.6 is 0 Å². The average Bonchev–Trinajstić information content (AvgIpc) is 2.46. The lowest BCUT2D eigenvalue weighted by atomic mass is 10.1. The zero-order chi connectivity index (χ0) is 9.42. The van der Waals surface area contributed by atoms with Crippen molar-refractivity contribution in [2.75, 3.05) is 5.73 Å². The molecule has 68 valence electrons. The van der Waals surface area contributed by atoms with Gasteiger partial charge in [0.15, 0.2) is 0 Å². The molecule has 0 fully saturated rings. The topological polar surface area (TPSA) is 43.3 Å². The number of aromatic nitrogens is 2. The quantitative estimate of drug-likeness (QED) is 0.720. The number of imidazole rings is 1. The number of hydrogen-bond donors (Lipinski definition) is 1. The molecule has 2 rings (SSSR count). The minimum absolute atomic E-state index is 0.469. The van der Waals surface area contributed by atoms with Crippen LogP contribution in [-0.2, 0) is 0 Å². The Labute approximate surface area is 77.2 Å². The molecule has 2 aromatic heterocycles. The van der Waals surface area contributed by atoms with Crippen molar-refractivity contribution < 1.29 is 0 Å². The molecule has 0 saturated heterocycles. The van der Waals surface area contributed by atoms with Crippen LogP contribution in [0.2, 0.25) is 0 Å². The molecule has 0 aliphatic carbocycles. The maximum absolute atomic E-state index is 5.70. The highest BCUT2D eigenvalue weighted by atomic mass is 15.0. The molecule has 0 atom stereocenters. The smallest absolute Gasteiger partial charge is 0.137 e. The van der Waals surface area contributed by atoms with Gasteiger partial charge in [-0.1, -0.05) is 13.8 Å². The summed E-state index contributed by atoms with van der Waals surface area (Å²) in [7, 11) is 0. The van der Waals surface area contributed by atoms with Gasteiger partial charge in [-0.3, -0.25) is 0 Å². The maximum Gasteiger partial charge on any atom is 0.137 e. The number of fused-ring (bicyclic) bond motifs is 1. The fraction of sp³-hybridized carbons (Fsp3) is 0.300. The third kappa shape index (κ3) is 1.26. The molecular formula is C10H13N3. The van der Waals surface area contributed by atoms with Gasteiger partial charge in [-0.05, 0) is 18.1 Å². The van der Waals surface area contributed by atoms with Crippen molar-refractivity contribution in [3.63, 3.8) is 0 Å². The van der Waals surface area contributed by atoms with Crippen molar-refractivity contribution in [1.29, 1.82) is 0 Å². The second-order valence-electron chi connectivity index (χ2n) is 3.53. The molecule has 13 heavy (non-hydrogen) atoms. The van der Waals surface area contributed by atoms with E-state index in [1.165, 1.54) is 5.69 Å². The Balaban J connectivity index is 2.71. The maximum atomic E-state index is 5.70. The number of rotatable bonds is 1. The summed E-state index contributed by atoms with van der Waals surface area (Å²) in [5, 5.41) is 0. The standard InChI is InChI=1S/C10H13N3/c1-7(2)9-5-12-10-4-3-8(11)6-13(9)10/h3-7H,11H2,1-2H3. The van der Waals surface area contributed by atoms with Crippen molar-refractivity contribution >= 4 is 11.3 Å². The van der Waals surface area contributed by atoms with E-state index in [1.807, 2.05) is 28.9 Å². The van der Waals surface area contributed by atoms with Gasteiger partial charge in [0.2, 0.25) is 0 Å². The molecule has 0 aliphatic heterocycles. The molecule has 2 aromatic rings. The highest BCUT2D eigenvalue weighted by Gasteiger charge is 2.05. The summed E-state index contributed by atoms with van der Waals surface area (Å²) in [5.41, 5.74) is 8.63. The zero-order valence-corrected chi connectivity index (χ0v) is 7.86. The summed E-state index contributed by atoms with van der Waals surface area (Å²) in [6.07, 6.45) is 3.82. The van der Waals surface area contributed by atoms with Crippen LogP contribution in [0.3, 0.4) is 0 Å². The SMILES string of the molecule is CC(C)c1cnc2ccc(N)cn12. The summed E-state index contributed by atoms with van der Waals surface area (Å²) >= 11 is 0. The number of hydrogen-bond acceptors (Lipinski definition) is 2. The molecule has 0 radical (unpaired) electrons. The average molecular weight is 175 g/mol. The van der Waals surface area contributed by atoms with E-state index in [9.17, 15) is 0 Å². The molecule has 0 aliphatic rings. The van der Waals surface area contributed by atoms with E-state index in [2.05, 4.69) is 18.8 Å². The molecular weight excluding hydrogens is 162 g/mol. The molecule has 0 aromatic carbocycles. The van der Waals surface area contributed by atoms with Crippen LogP contribution in [0.25, 0.3) is 5.65 Å². The van der Waals surface area contributed by atoms with E-state index >= 15 is 0 Å². The second-order valence-corrected chi connectivity index (χ2v) is 3.53. The summed E-state index contributed by atoms with van der Waals surface area (Å²) in [5.74, 6) is 0.469. The fourth-order valence-corrected chi connectivity index (χ4v) is 1.44. The van der Waals surface area contributed by atoms with Crippen molar-refractivity contribution in [2.45, 2.75) is 19.8 Å². The highest BCUT2D eigenvalue weighted by molar-refractivity contribution is 5.48. The first-order valence-corrected chi connectivity index (χ1v) is 4.41. The number of nitrogens with two attached hydrogens (primary N) is 1. The fourth-order valence-electron chi connectivity index (χ4n) is 1.44. The Bertz CT molecular complexity index is 429. The Hall–Kier alpha value is -1.51. The number of anilines is 1. The predicted octanol–water partition coefficient (Wildman–Crippen LogP) is 2.04. The summed E-state index contributed by atoms with van der Waals surface area (Å²) in [6, 6.07) is 3.80. The number of pyridine rings is 1. The van der Waals surface area contributed by atoms with E-state index in [1.54, 1.807) is 0 Å². The van der Waals surface area contributed by atoms with Gasteiger partial charge < -0.3 is 10.1 Å². The molecule has 0 amide bonds. The van der Waals surface area contributed by atoms with Gasteiger partial charge in [-0.15, -0.1) is 0 Å². The van der Waals surface area contributed by atoms with Crippen molar-refractivity contribution in [1.82, 2.24) is 9.38 Å². The van der Waals surface area contributed by atoms with Crippen LogP contribution in [-0.4, -0.2) is 9.38 Å². The molecule has 2 N–H and O–H groups in total. The third-order valence-corrected chi connectivity index (χ3v) is 2.15. The minimum atomic E-state index is 0.469. The van der Waals surface area contributed by atoms with Gasteiger partial charge in [0.25, 0.3) is 0 Å². The zero-order valence-electron chi connectivity index (χ0n) is 7.86. The van der Waals surface area contributed by atoms with Crippen LogP contribution in [0.4, 0.5) is 5.69 Å². The van der Waals surface area contributed by atoms with Crippen LogP contribution in [0.15, 0.2) is 24.5 Å². The molecule has 0 bridgehead atoms. The molecule has 0 unspecified atom stereocenters. The molecule has 3 heteroatoms. The van der Waals surface area contributed by atoms with Gasteiger partial charge in [0.05, 0.1) is 0 Å². The third-order valence-electron chi connectivity index (χ3n) is 2.15. The minimum Gasteiger partial charge on any atom is -0.398 e. The van der Waals surface area contributed by atoms with Gasteiger partial charge >= 0.3 is 0 Å². The first kappa shape index (κ1) is 8.10. The van der Waals surface area contributed by atoms with Crippen LogP contribution in [0, 0.1) is 0 Å². The normalized spacial score (nSPS) is 11.3. The Kier molecular flexibility index (Phi) is 1.72. The first-order chi connectivity index (χ1) is 6.18. The lowest BCUT2D eigenvalue weighted by Crippen LogP contribution is -1.96. The molecule has 2 heterocycles. The van der Waals surface area contributed by atoms with E-state index in [4.69, 9.17) is 5.73 Å². The van der Waals surface area contributed by atoms with Gasteiger partial charge in [0.1, 0.15) is 5.65 Å². The highest BCUT2D eigenvalue weighted by Crippen LogP contribution is 2.17. The van der Waals surface area contributed by atoms with Gasteiger partial charge in [-0.2, -0.15) is 0 Å². The van der Waals surface area contributed by atoms with Crippen LogP contribution < -0.4 is 5.73 Å². The van der Waals surface area contributed by atoms with Crippen molar-refractivity contribution in [2.24, 2.45) is 0 Å². The number of nitrogens with zero attached hydrogens (tertiary/aromatic N) is 2. The summed E-state index contributed by atoms with van der Waals surface area (Å²) in [6.45, 7) is 4.29. The van der Waals surface area contributed by atoms with E-state index < -0.39 is 0 Å². The van der Waals surface area contributed by atoms with E-state index in [0.717, 1.165) is 11.3 Å². The van der Waals surface area contributed by atoms with E-state index in [0.29, 0.717) is 5.92 Å². The summed E-state index contributed by atoms with van der Waals surface area (Å²) in [4.78, 5) is 4.29. The van der Waals surface area contributed by atoms with E-state index in [-0.39, 0.29) is 0 Å². The van der Waals surface area contributed by atoms with Crippen molar-refractivity contribution in [3.8, 4) is 0 Å². The first-order valence-electron chi connectivity index (χ1n) is 4.41. The monoisotopic (exact) mass is 175 g/mol. The molecule has 0 spiro atoms. The Morgan fingerprint density at radius 2 is 2.15 bits per heavy atom. The molecule has 3 nitrogen and oxygen atoms in total. The molecule has 0 saturated carbocycles. The lowest BCUT2D eigenvalue weighted by Gasteiger charge is -2.04. The van der Waals surface area contributed by atoms with Crippen LogP contribution in [0.1, 0.15) is 25.5 Å². The Morgan fingerprint density at radius 3 is 2.85 bits per heavy atom. The summed E-state index contributed by atoms with van der Waals surface area (Å²) < 4.78 is 2.04.